The van der Waals surface area contributed by atoms with Gasteiger partial charge in [-0.25, -0.2) is 4.79 Å². The fourth-order valence-electron chi connectivity index (χ4n) is 2.59. The van der Waals surface area contributed by atoms with E-state index < -0.39 is 5.97 Å². The zero-order valence-electron chi connectivity index (χ0n) is 12.5. The number of rotatable bonds is 3. The molecular formula is C18H12ClNO4. The second kappa shape index (κ2) is 6.02. The van der Waals surface area contributed by atoms with Crippen molar-refractivity contribution in [1.29, 1.82) is 0 Å². The lowest BCUT2D eigenvalue weighted by molar-refractivity contribution is 0.0475. The van der Waals surface area contributed by atoms with Gasteiger partial charge in [-0.15, -0.1) is 0 Å². The topological polar surface area (TPSA) is 57.7 Å². The van der Waals surface area contributed by atoms with Crippen molar-refractivity contribution < 1.29 is 19.0 Å². The van der Waals surface area contributed by atoms with Crippen LogP contribution in [0, 0.1) is 0 Å². The van der Waals surface area contributed by atoms with E-state index in [1.54, 1.807) is 42.7 Å². The Kier molecular flexibility index (Phi) is 3.70. The maximum absolute atomic E-state index is 12.5. The monoisotopic (exact) mass is 341 g/mol. The number of ether oxygens (including phenoxy) is 3. The summed E-state index contributed by atoms with van der Waals surface area (Å²) in [4.78, 5) is 16.5. The van der Waals surface area contributed by atoms with Crippen LogP contribution in [0.4, 0.5) is 0 Å². The van der Waals surface area contributed by atoms with E-state index in [-0.39, 0.29) is 13.4 Å². The molecule has 0 aliphatic carbocycles. The predicted molar refractivity (Wildman–Crippen MR) is 88.4 cm³/mol. The number of halogens is 1. The Balaban J connectivity index is 1.56. The summed E-state index contributed by atoms with van der Waals surface area (Å²) in [6.45, 7) is 0.337. The van der Waals surface area contributed by atoms with E-state index in [1.807, 2.05) is 6.07 Å². The number of fused-ring (bicyclic) bond motifs is 2. The molecule has 0 saturated carbocycles. The Labute approximate surface area is 142 Å². The summed E-state index contributed by atoms with van der Waals surface area (Å²) in [6.07, 6.45) is 3.28. The molecule has 4 rings (SSSR count). The van der Waals surface area contributed by atoms with Gasteiger partial charge >= 0.3 is 5.97 Å². The van der Waals surface area contributed by atoms with Gasteiger partial charge in [0.2, 0.25) is 6.79 Å². The lowest BCUT2D eigenvalue weighted by atomic mass is 10.1. The molecule has 6 heteroatoms. The van der Waals surface area contributed by atoms with E-state index >= 15 is 0 Å². The van der Waals surface area contributed by atoms with Crippen LogP contribution in [0.15, 0.2) is 48.8 Å². The lowest BCUT2D eigenvalue weighted by Gasteiger charge is -2.09. The number of carbonyl (C=O) groups is 1. The van der Waals surface area contributed by atoms with Gasteiger partial charge in [0.05, 0.1) is 5.56 Å². The molecule has 1 aliphatic rings. The van der Waals surface area contributed by atoms with Crippen LogP contribution in [-0.4, -0.2) is 17.7 Å². The summed E-state index contributed by atoms with van der Waals surface area (Å²) in [5.41, 5.74) is 1.21. The van der Waals surface area contributed by atoms with Gasteiger partial charge < -0.3 is 14.2 Å². The summed E-state index contributed by atoms with van der Waals surface area (Å²) in [5.74, 6) is 0.895. The van der Waals surface area contributed by atoms with Crippen LogP contribution in [0.3, 0.4) is 0 Å². The standard InChI is InChI=1S/C18H12ClNO4/c19-13-6-12-3-4-20-8-15(12)14(7-13)18(21)22-9-11-1-2-16-17(5-11)24-10-23-16/h1-8H,9-10H2. The van der Waals surface area contributed by atoms with Crippen molar-refractivity contribution in [3.05, 3.63) is 64.9 Å². The first-order valence-corrected chi connectivity index (χ1v) is 7.67. The number of benzene rings is 2. The zero-order valence-corrected chi connectivity index (χ0v) is 13.2. The van der Waals surface area contributed by atoms with Gasteiger partial charge in [-0.2, -0.15) is 0 Å². The third kappa shape index (κ3) is 2.74. The first-order valence-electron chi connectivity index (χ1n) is 7.29. The van der Waals surface area contributed by atoms with Crippen molar-refractivity contribution in [3.8, 4) is 11.5 Å². The van der Waals surface area contributed by atoms with Gasteiger partial charge in [0.15, 0.2) is 11.5 Å². The molecule has 0 saturated heterocycles. The number of nitrogens with zero attached hydrogens (tertiary/aromatic N) is 1. The van der Waals surface area contributed by atoms with Crippen LogP contribution in [0.25, 0.3) is 10.8 Å². The molecule has 0 N–H and O–H groups in total. The fraction of sp³-hybridized carbons (Fsp3) is 0.111. The molecule has 3 aromatic rings. The number of carbonyl (C=O) groups excluding carboxylic acids is 1. The van der Waals surface area contributed by atoms with E-state index in [2.05, 4.69) is 4.98 Å². The highest BCUT2D eigenvalue weighted by Crippen LogP contribution is 2.32. The van der Waals surface area contributed by atoms with Crippen LogP contribution in [-0.2, 0) is 11.3 Å². The quantitative estimate of drug-likeness (QED) is 0.674. The molecule has 2 heterocycles. The minimum atomic E-state index is -0.451. The molecule has 1 aromatic heterocycles. The Morgan fingerprint density at radius 3 is 2.96 bits per heavy atom. The van der Waals surface area contributed by atoms with E-state index in [4.69, 9.17) is 25.8 Å². The Morgan fingerprint density at radius 1 is 1.17 bits per heavy atom. The number of pyridine rings is 1. The molecule has 0 atom stereocenters. The largest absolute Gasteiger partial charge is 0.457 e. The SMILES string of the molecule is O=C(OCc1ccc2c(c1)OCO2)c1cc(Cl)cc2ccncc12. The smallest absolute Gasteiger partial charge is 0.339 e. The minimum Gasteiger partial charge on any atom is -0.457 e. The normalized spacial score (nSPS) is 12.4. The molecule has 0 amide bonds. The highest BCUT2D eigenvalue weighted by molar-refractivity contribution is 6.32. The molecule has 120 valence electrons. The van der Waals surface area contributed by atoms with E-state index in [0.717, 1.165) is 10.9 Å². The molecule has 5 nitrogen and oxygen atoms in total. The Bertz CT molecular complexity index is 941. The van der Waals surface area contributed by atoms with Gasteiger partial charge in [0.1, 0.15) is 6.61 Å². The Morgan fingerprint density at radius 2 is 2.04 bits per heavy atom. The second-order valence-electron chi connectivity index (χ2n) is 5.31. The van der Waals surface area contributed by atoms with Crippen LogP contribution in [0.1, 0.15) is 15.9 Å². The number of aromatic nitrogens is 1. The highest BCUT2D eigenvalue weighted by atomic mass is 35.5. The van der Waals surface area contributed by atoms with Crippen molar-refractivity contribution in [2.75, 3.05) is 6.79 Å². The fourth-order valence-corrected chi connectivity index (χ4v) is 2.81. The first-order chi connectivity index (χ1) is 11.7. The van der Waals surface area contributed by atoms with Crippen molar-refractivity contribution in [3.63, 3.8) is 0 Å². The molecule has 24 heavy (non-hydrogen) atoms. The molecule has 0 spiro atoms. The van der Waals surface area contributed by atoms with Gasteiger partial charge in [-0.3, -0.25) is 4.98 Å². The molecule has 0 bridgehead atoms. The molecular weight excluding hydrogens is 330 g/mol. The average molecular weight is 342 g/mol. The van der Waals surface area contributed by atoms with Crippen molar-refractivity contribution in [2.24, 2.45) is 0 Å². The third-order valence-electron chi connectivity index (χ3n) is 3.75. The highest BCUT2D eigenvalue weighted by Gasteiger charge is 2.16. The zero-order chi connectivity index (χ0) is 16.5. The second-order valence-corrected chi connectivity index (χ2v) is 5.75. The molecule has 0 radical (unpaired) electrons. The first kappa shape index (κ1) is 14.8. The van der Waals surface area contributed by atoms with Gasteiger partial charge in [0, 0.05) is 22.8 Å². The average Bonchev–Trinajstić information content (AvgIpc) is 3.06. The molecule has 0 fully saturated rings. The van der Waals surface area contributed by atoms with Crippen LogP contribution in [0.5, 0.6) is 11.5 Å². The van der Waals surface area contributed by atoms with Crippen LogP contribution < -0.4 is 9.47 Å². The van der Waals surface area contributed by atoms with Gasteiger partial charge in [-0.1, -0.05) is 17.7 Å². The summed E-state index contributed by atoms with van der Waals surface area (Å²) in [7, 11) is 0. The van der Waals surface area contributed by atoms with Crippen LogP contribution >= 0.6 is 11.6 Å². The van der Waals surface area contributed by atoms with Gasteiger partial charge in [-0.05, 0) is 41.3 Å². The molecule has 1 aliphatic heterocycles. The number of esters is 1. The van der Waals surface area contributed by atoms with Crippen molar-refractivity contribution in [2.45, 2.75) is 6.61 Å². The minimum absolute atomic E-state index is 0.129. The summed E-state index contributed by atoms with van der Waals surface area (Å²) in [5, 5.41) is 2.02. The van der Waals surface area contributed by atoms with Crippen LogP contribution in [0.2, 0.25) is 5.02 Å². The van der Waals surface area contributed by atoms with Crippen molar-refractivity contribution >= 4 is 28.3 Å². The maximum Gasteiger partial charge on any atom is 0.339 e. The van der Waals surface area contributed by atoms with Gasteiger partial charge in [0.25, 0.3) is 0 Å². The predicted octanol–water partition coefficient (Wildman–Crippen LogP) is 3.97. The number of hydrogen-bond acceptors (Lipinski definition) is 5. The summed E-state index contributed by atoms with van der Waals surface area (Å²) >= 11 is 6.09. The molecule has 2 aromatic carbocycles. The maximum atomic E-state index is 12.5. The van der Waals surface area contributed by atoms with Crippen molar-refractivity contribution in [1.82, 2.24) is 4.98 Å². The summed E-state index contributed by atoms with van der Waals surface area (Å²) < 4.78 is 16.0. The third-order valence-corrected chi connectivity index (χ3v) is 3.97. The van der Waals surface area contributed by atoms with E-state index in [9.17, 15) is 4.79 Å². The molecule has 0 unspecified atom stereocenters. The lowest BCUT2D eigenvalue weighted by Crippen LogP contribution is -2.06. The van der Waals surface area contributed by atoms with E-state index in [1.165, 1.54) is 0 Å². The van der Waals surface area contributed by atoms with E-state index in [0.29, 0.717) is 27.5 Å². The Hall–Kier alpha value is -2.79. The summed E-state index contributed by atoms with van der Waals surface area (Å²) in [6, 6.07) is 10.6. The number of hydrogen-bond donors (Lipinski definition) is 0.